The van der Waals surface area contributed by atoms with Crippen LogP contribution in [0, 0.1) is 0 Å². The number of aromatic nitrogens is 3. The lowest BCUT2D eigenvalue weighted by molar-refractivity contribution is -0.145. The first-order chi connectivity index (χ1) is 14.9. The zero-order chi connectivity index (χ0) is 22.4. The summed E-state index contributed by atoms with van der Waals surface area (Å²) in [6.45, 7) is 3.85. The fourth-order valence-corrected chi connectivity index (χ4v) is 5.20. The summed E-state index contributed by atoms with van der Waals surface area (Å²) >= 11 is 0. The first kappa shape index (κ1) is 23.2. The molecule has 1 saturated heterocycles. The quantitative estimate of drug-likeness (QED) is 0.541. The number of methoxy groups -OCH3 is 2. The van der Waals surface area contributed by atoms with Crippen molar-refractivity contribution in [2.75, 3.05) is 39.6 Å². The third-order valence-corrected chi connectivity index (χ3v) is 7.02. The van der Waals surface area contributed by atoms with Crippen LogP contribution in [0.1, 0.15) is 24.6 Å². The topological polar surface area (TPSA) is 107 Å². The van der Waals surface area contributed by atoms with Crippen LogP contribution in [0.15, 0.2) is 30.5 Å². The molecule has 11 heteroatoms. The van der Waals surface area contributed by atoms with E-state index in [1.807, 2.05) is 36.1 Å². The molecule has 1 aliphatic heterocycles. The average molecular weight is 452 g/mol. The van der Waals surface area contributed by atoms with Gasteiger partial charge in [0.2, 0.25) is 10.0 Å². The molecule has 0 spiro atoms. The van der Waals surface area contributed by atoms with Crippen LogP contribution in [0.2, 0.25) is 0 Å². The Balaban J connectivity index is 1.78. The minimum atomic E-state index is -3.67. The van der Waals surface area contributed by atoms with Crippen molar-refractivity contribution >= 4 is 16.0 Å². The molecular formula is C20H29N5O5S. The van der Waals surface area contributed by atoms with Gasteiger partial charge in [0, 0.05) is 13.1 Å². The van der Waals surface area contributed by atoms with Crippen LogP contribution in [-0.2, 0) is 32.6 Å². The van der Waals surface area contributed by atoms with Gasteiger partial charge < -0.3 is 14.4 Å². The van der Waals surface area contributed by atoms with Gasteiger partial charge in [-0.25, -0.2) is 13.1 Å². The second-order valence-corrected chi connectivity index (χ2v) is 9.50. The number of hydrogen-bond acceptors (Lipinski definition) is 8. The van der Waals surface area contributed by atoms with Crippen LogP contribution < -0.4 is 4.74 Å². The second kappa shape index (κ2) is 10.2. The number of carbonyl (C=O) groups excluding carboxylic acids is 1. The lowest BCUT2D eigenvalue weighted by Gasteiger charge is -2.27. The fourth-order valence-electron chi connectivity index (χ4n) is 3.60. The molecule has 10 nitrogen and oxygen atoms in total. The summed E-state index contributed by atoms with van der Waals surface area (Å²) in [6.07, 6.45) is 2.57. The Labute approximate surface area is 182 Å². The molecule has 2 aromatic rings. The molecule has 1 aromatic carbocycles. The predicted molar refractivity (Wildman–Crippen MR) is 114 cm³/mol. The highest BCUT2D eigenvalue weighted by molar-refractivity contribution is 7.89. The number of ether oxygens (including phenoxy) is 2. The molecule has 1 aromatic heterocycles. The summed E-state index contributed by atoms with van der Waals surface area (Å²) in [5, 5.41) is 8.24. The molecule has 0 radical (unpaired) electrons. The van der Waals surface area contributed by atoms with Gasteiger partial charge in [-0.15, -0.1) is 5.10 Å². The maximum Gasteiger partial charge on any atom is 0.325 e. The van der Waals surface area contributed by atoms with E-state index in [0.29, 0.717) is 25.3 Å². The van der Waals surface area contributed by atoms with E-state index in [0.717, 1.165) is 24.3 Å². The highest BCUT2D eigenvalue weighted by Crippen LogP contribution is 2.19. The van der Waals surface area contributed by atoms with Gasteiger partial charge in [0.25, 0.3) is 0 Å². The van der Waals surface area contributed by atoms with Crippen molar-refractivity contribution in [3.8, 4) is 5.75 Å². The van der Waals surface area contributed by atoms with Crippen LogP contribution in [0.3, 0.4) is 0 Å². The monoisotopic (exact) mass is 451 g/mol. The third-order valence-electron chi connectivity index (χ3n) is 5.22. The average Bonchev–Trinajstić information content (AvgIpc) is 3.16. The SMILES string of the molecule is CCCN1CCS(=O)(=O)N(Cc2cn(Cc3ccc(OC)cc3)nn2)C(C(=O)OC)C1. The highest BCUT2D eigenvalue weighted by atomic mass is 32.2. The van der Waals surface area contributed by atoms with E-state index in [4.69, 9.17) is 9.47 Å². The summed E-state index contributed by atoms with van der Waals surface area (Å²) < 4.78 is 38.9. The van der Waals surface area contributed by atoms with Crippen molar-refractivity contribution in [1.29, 1.82) is 0 Å². The molecular weight excluding hydrogens is 422 g/mol. The predicted octanol–water partition coefficient (Wildman–Crippen LogP) is 0.734. The zero-order valence-electron chi connectivity index (χ0n) is 18.1. The summed E-state index contributed by atoms with van der Waals surface area (Å²) in [4.78, 5) is 14.4. The van der Waals surface area contributed by atoms with E-state index < -0.39 is 22.0 Å². The van der Waals surface area contributed by atoms with E-state index >= 15 is 0 Å². The smallest absolute Gasteiger partial charge is 0.325 e. The Morgan fingerprint density at radius 2 is 1.94 bits per heavy atom. The Morgan fingerprint density at radius 3 is 2.58 bits per heavy atom. The van der Waals surface area contributed by atoms with E-state index in [-0.39, 0.29) is 12.3 Å². The molecule has 0 amide bonds. The lowest BCUT2D eigenvalue weighted by Crippen LogP contribution is -2.48. The Morgan fingerprint density at radius 1 is 1.19 bits per heavy atom. The van der Waals surface area contributed by atoms with Gasteiger partial charge in [-0.3, -0.25) is 4.79 Å². The molecule has 1 fully saturated rings. The third kappa shape index (κ3) is 5.81. The van der Waals surface area contributed by atoms with Crippen molar-refractivity contribution in [3.05, 3.63) is 41.7 Å². The van der Waals surface area contributed by atoms with Gasteiger partial charge in [-0.2, -0.15) is 4.31 Å². The van der Waals surface area contributed by atoms with Crippen molar-refractivity contribution in [2.24, 2.45) is 0 Å². The van der Waals surface area contributed by atoms with Gasteiger partial charge in [0.15, 0.2) is 0 Å². The van der Waals surface area contributed by atoms with E-state index in [1.165, 1.54) is 11.4 Å². The molecule has 2 heterocycles. The highest BCUT2D eigenvalue weighted by Gasteiger charge is 2.40. The maximum absolute atomic E-state index is 13.0. The fraction of sp³-hybridized carbons (Fsp3) is 0.550. The summed E-state index contributed by atoms with van der Waals surface area (Å²) in [5.41, 5.74) is 1.47. The molecule has 1 unspecified atom stereocenters. The Kier molecular flexibility index (Phi) is 7.63. The zero-order valence-corrected chi connectivity index (χ0v) is 18.9. The molecule has 1 atom stereocenters. The molecule has 0 aliphatic carbocycles. The largest absolute Gasteiger partial charge is 0.497 e. The normalized spacial score (nSPS) is 19.6. The summed E-state index contributed by atoms with van der Waals surface area (Å²) in [5.74, 6) is 0.137. The second-order valence-electron chi connectivity index (χ2n) is 7.46. The van der Waals surface area contributed by atoms with Crippen molar-refractivity contribution in [2.45, 2.75) is 32.5 Å². The molecule has 0 bridgehead atoms. The van der Waals surface area contributed by atoms with Gasteiger partial charge in [0.05, 0.1) is 45.0 Å². The Bertz CT molecular complexity index is 976. The minimum Gasteiger partial charge on any atom is -0.497 e. The van der Waals surface area contributed by atoms with Gasteiger partial charge in [-0.05, 0) is 30.7 Å². The standard InChI is InChI=1S/C20H29N5O5S/c1-4-9-23-10-11-31(27,28)25(19(15-23)20(26)30-3)14-17-13-24(22-21-17)12-16-5-7-18(29-2)8-6-16/h5-8,13,19H,4,9-12,14-15H2,1-3H3. The number of carbonyl (C=O) groups is 1. The first-order valence-corrected chi connectivity index (χ1v) is 11.8. The van der Waals surface area contributed by atoms with Crippen molar-refractivity contribution in [1.82, 2.24) is 24.2 Å². The number of esters is 1. The molecule has 3 rings (SSSR count). The molecule has 0 saturated carbocycles. The van der Waals surface area contributed by atoms with Crippen LogP contribution in [-0.4, -0.2) is 84.2 Å². The maximum atomic E-state index is 13.0. The van der Waals surface area contributed by atoms with Crippen molar-refractivity contribution < 1.29 is 22.7 Å². The number of nitrogens with zero attached hydrogens (tertiary/aromatic N) is 5. The lowest BCUT2D eigenvalue weighted by atomic mass is 10.2. The first-order valence-electron chi connectivity index (χ1n) is 10.2. The van der Waals surface area contributed by atoms with Crippen LogP contribution in [0.25, 0.3) is 0 Å². The molecule has 31 heavy (non-hydrogen) atoms. The van der Waals surface area contributed by atoms with Gasteiger partial charge in [0.1, 0.15) is 11.8 Å². The van der Waals surface area contributed by atoms with Crippen LogP contribution in [0.4, 0.5) is 0 Å². The number of rotatable bonds is 8. The number of hydrogen-bond donors (Lipinski definition) is 0. The summed E-state index contributed by atoms with van der Waals surface area (Å²) in [7, 11) is -0.790. The van der Waals surface area contributed by atoms with Gasteiger partial charge in [-0.1, -0.05) is 24.3 Å². The Hall–Kier alpha value is -2.50. The number of sulfonamides is 1. The minimum absolute atomic E-state index is 0.0370. The molecule has 170 valence electrons. The summed E-state index contributed by atoms with van der Waals surface area (Å²) in [6, 6.07) is 6.65. The number of benzene rings is 1. The van der Waals surface area contributed by atoms with Crippen LogP contribution >= 0.6 is 0 Å². The van der Waals surface area contributed by atoms with Crippen molar-refractivity contribution in [3.63, 3.8) is 0 Å². The van der Waals surface area contributed by atoms with E-state index in [2.05, 4.69) is 10.3 Å². The van der Waals surface area contributed by atoms with E-state index in [9.17, 15) is 13.2 Å². The van der Waals surface area contributed by atoms with E-state index in [1.54, 1.807) is 18.0 Å². The van der Waals surface area contributed by atoms with Gasteiger partial charge >= 0.3 is 5.97 Å². The van der Waals surface area contributed by atoms with Crippen LogP contribution in [0.5, 0.6) is 5.75 Å². The molecule has 0 N–H and O–H groups in total. The molecule has 1 aliphatic rings.